The van der Waals surface area contributed by atoms with Gasteiger partial charge in [0.2, 0.25) is 5.91 Å². The molecule has 0 bridgehead atoms. The van der Waals surface area contributed by atoms with Crippen molar-refractivity contribution in [1.29, 1.82) is 0 Å². The van der Waals surface area contributed by atoms with E-state index in [4.69, 9.17) is 11.6 Å². The molecule has 1 heterocycles. The lowest BCUT2D eigenvalue weighted by Crippen LogP contribution is -2.25. The highest BCUT2D eigenvalue weighted by atomic mass is 35.5. The number of halogens is 1. The van der Waals surface area contributed by atoms with E-state index >= 15 is 0 Å². The van der Waals surface area contributed by atoms with Crippen LogP contribution in [0.2, 0.25) is 0 Å². The highest BCUT2D eigenvalue weighted by Gasteiger charge is 2.11. The Bertz CT molecular complexity index is 606. The first-order valence-electron chi connectivity index (χ1n) is 6.94. The Balaban J connectivity index is 2.18. The number of imidazole rings is 1. The van der Waals surface area contributed by atoms with Gasteiger partial charge in [0.25, 0.3) is 0 Å². The maximum absolute atomic E-state index is 11.7. The fourth-order valence-electron chi connectivity index (χ4n) is 2.21. The Morgan fingerprint density at radius 3 is 2.95 bits per heavy atom. The Morgan fingerprint density at radius 1 is 1.45 bits per heavy atom. The van der Waals surface area contributed by atoms with Crippen molar-refractivity contribution in [2.45, 2.75) is 39.1 Å². The Labute approximate surface area is 124 Å². The average Bonchev–Trinajstić information content (AvgIpc) is 2.79. The fraction of sp³-hybridized carbons (Fsp3) is 0.467. The highest BCUT2D eigenvalue weighted by molar-refractivity contribution is 6.16. The Hall–Kier alpha value is -1.55. The molecule has 0 fully saturated rings. The lowest BCUT2D eigenvalue weighted by molar-refractivity contribution is -0.121. The SMILES string of the molecule is CCCNC(=O)CCn1c(CCl)nc2cc(C)ccc21. The summed E-state index contributed by atoms with van der Waals surface area (Å²) in [7, 11) is 0. The normalized spacial score (nSPS) is 10.9. The lowest BCUT2D eigenvalue weighted by atomic mass is 10.2. The number of amides is 1. The van der Waals surface area contributed by atoms with Crippen molar-refractivity contribution in [2.75, 3.05) is 6.54 Å². The van der Waals surface area contributed by atoms with Crippen LogP contribution < -0.4 is 5.32 Å². The molecule has 0 saturated heterocycles. The summed E-state index contributed by atoms with van der Waals surface area (Å²) in [6.07, 6.45) is 1.40. The molecule has 0 aliphatic heterocycles. The molecular formula is C15H20ClN3O. The molecule has 1 amide bonds. The van der Waals surface area contributed by atoms with Crippen LogP contribution in [0, 0.1) is 6.92 Å². The van der Waals surface area contributed by atoms with Gasteiger partial charge in [-0.3, -0.25) is 4.79 Å². The smallest absolute Gasteiger partial charge is 0.221 e. The predicted octanol–water partition coefficient (Wildman–Crippen LogP) is 3.00. The van der Waals surface area contributed by atoms with Gasteiger partial charge in [0.05, 0.1) is 16.9 Å². The van der Waals surface area contributed by atoms with Gasteiger partial charge in [-0.2, -0.15) is 0 Å². The molecule has 2 aromatic rings. The minimum Gasteiger partial charge on any atom is -0.356 e. The van der Waals surface area contributed by atoms with E-state index in [1.54, 1.807) is 0 Å². The minimum absolute atomic E-state index is 0.0707. The predicted molar refractivity (Wildman–Crippen MR) is 81.9 cm³/mol. The second kappa shape index (κ2) is 6.75. The van der Waals surface area contributed by atoms with Crippen molar-refractivity contribution in [3.8, 4) is 0 Å². The first-order valence-corrected chi connectivity index (χ1v) is 7.47. The number of benzene rings is 1. The molecule has 0 unspecified atom stereocenters. The number of alkyl halides is 1. The van der Waals surface area contributed by atoms with E-state index in [0.29, 0.717) is 18.8 Å². The third-order valence-electron chi connectivity index (χ3n) is 3.24. The van der Waals surface area contributed by atoms with Gasteiger partial charge in [-0.1, -0.05) is 13.0 Å². The van der Waals surface area contributed by atoms with E-state index in [1.807, 2.05) is 30.5 Å². The molecule has 0 spiro atoms. The molecule has 0 saturated carbocycles. The molecule has 0 aliphatic carbocycles. The van der Waals surface area contributed by atoms with Gasteiger partial charge < -0.3 is 9.88 Å². The molecule has 0 atom stereocenters. The second-order valence-corrected chi connectivity index (χ2v) is 5.17. The molecule has 20 heavy (non-hydrogen) atoms. The van der Waals surface area contributed by atoms with Crippen LogP contribution in [0.3, 0.4) is 0 Å². The number of hydrogen-bond acceptors (Lipinski definition) is 2. The third kappa shape index (κ3) is 3.31. The molecular weight excluding hydrogens is 274 g/mol. The number of nitrogens with zero attached hydrogens (tertiary/aromatic N) is 2. The lowest BCUT2D eigenvalue weighted by Gasteiger charge is -2.08. The van der Waals surface area contributed by atoms with E-state index in [-0.39, 0.29) is 5.91 Å². The first-order chi connectivity index (χ1) is 9.65. The molecule has 1 aromatic heterocycles. The van der Waals surface area contributed by atoms with Crippen molar-refractivity contribution in [1.82, 2.24) is 14.9 Å². The summed E-state index contributed by atoms with van der Waals surface area (Å²) in [5.74, 6) is 1.24. The van der Waals surface area contributed by atoms with Crippen molar-refractivity contribution in [2.24, 2.45) is 0 Å². The molecule has 0 radical (unpaired) electrons. The number of aromatic nitrogens is 2. The van der Waals surface area contributed by atoms with Gasteiger partial charge in [0.1, 0.15) is 5.82 Å². The number of fused-ring (bicyclic) bond motifs is 1. The third-order valence-corrected chi connectivity index (χ3v) is 3.48. The number of nitrogens with one attached hydrogen (secondary N) is 1. The minimum atomic E-state index is 0.0707. The summed E-state index contributed by atoms with van der Waals surface area (Å²) in [5.41, 5.74) is 3.15. The molecule has 1 aromatic carbocycles. The summed E-state index contributed by atoms with van der Waals surface area (Å²) in [6.45, 7) is 5.41. The van der Waals surface area contributed by atoms with Gasteiger partial charge in [0, 0.05) is 19.5 Å². The summed E-state index contributed by atoms with van der Waals surface area (Å²) >= 11 is 5.96. The molecule has 2 rings (SSSR count). The largest absolute Gasteiger partial charge is 0.356 e. The van der Waals surface area contributed by atoms with Gasteiger partial charge in [-0.25, -0.2) is 4.98 Å². The zero-order valence-corrected chi connectivity index (χ0v) is 12.7. The maximum atomic E-state index is 11.7. The van der Waals surface area contributed by atoms with E-state index in [9.17, 15) is 4.79 Å². The van der Waals surface area contributed by atoms with Crippen molar-refractivity contribution < 1.29 is 4.79 Å². The van der Waals surface area contributed by atoms with Crippen LogP contribution in [-0.4, -0.2) is 22.0 Å². The summed E-state index contributed by atoms with van der Waals surface area (Å²) in [4.78, 5) is 16.2. The summed E-state index contributed by atoms with van der Waals surface area (Å²) in [5, 5.41) is 2.88. The maximum Gasteiger partial charge on any atom is 0.221 e. The number of rotatable bonds is 6. The van der Waals surface area contributed by atoms with Crippen molar-refractivity contribution >= 4 is 28.5 Å². The van der Waals surface area contributed by atoms with Crippen LogP contribution in [0.15, 0.2) is 18.2 Å². The molecule has 4 nitrogen and oxygen atoms in total. The highest BCUT2D eigenvalue weighted by Crippen LogP contribution is 2.19. The van der Waals surface area contributed by atoms with Gasteiger partial charge in [0.15, 0.2) is 0 Å². The van der Waals surface area contributed by atoms with E-state index < -0.39 is 0 Å². The Morgan fingerprint density at radius 2 is 2.25 bits per heavy atom. The van der Waals surface area contributed by atoms with Crippen LogP contribution >= 0.6 is 11.6 Å². The molecule has 5 heteroatoms. The molecule has 1 N–H and O–H groups in total. The van der Waals surface area contributed by atoms with Crippen LogP contribution in [0.25, 0.3) is 11.0 Å². The van der Waals surface area contributed by atoms with Gasteiger partial charge in [-0.15, -0.1) is 11.6 Å². The number of carbonyl (C=O) groups excluding carboxylic acids is 1. The fourth-order valence-corrected chi connectivity index (χ4v) is 2.41. The number of aryl methyl sites for hydroxylation is 2. The van der Waals surface area contributed by atoms with E-state index in [0.717, 1.165) is 29.8 Å². The summed E-state index contributed by atoms with van der Waals surface area (Å²) in [6, 6.07) is 6.13. The Kier molecular flexibility index (Phi) is 5.01. The monoisotopic (exact) mass is 293 g/mol. The van der Waals surface area contributed by atoms with Crippen LogP contribution in [0.1, 0.15) is 31.2 Å². The van der Waals surface area contributed by atoms with Crippen molar-refractivity contribution in [3.63, 3.8) is 0 Å². The van der Waals surface area contributed by atoms with E-state index in [2.05, 4.69) is 16.4 Å². The molecule has 108 valence electrons. The summed E-state index contributed by atoms with van der Waals surface area (Å²) < 4.78 is 2.04. The number of carbonyl (C=O) groups is 1. The van der Waals surface area contributed by atoms with Crippen LogP contribution in [0.5, 0.6) is 0 Å². The topological polar surface area (TPSA) is 46.9 Å². The molecule has 0 aliphatic rings. The average molecular weight is 294 g/mol. The zero-order chi connectivity index (χ0) is 14.5. The standard InChI is InChI=1S/C15H20ClN3O/c1-3-7-17-15(20)6-8-19-13-5-4-11(2)9-12(13)18-14(19)10-16/h4-5,9H,3,6-8,10H2,1-2H3,(H,17,20). The van der Waals surface area contributed by atoms with Gasteiger partial charge >= 0.3 is 0 Å². The quantitative estimate of drug-likeness (QED) is 0.832. The zero-order valence-electron chi connectivity index (χ0n) is 11.9. The second-order valence-electron chi connectivity index (χ2n) is 4.91. The van der Waals surface area contributed by atoms with Crippen LogP contribution in [0.4, 0.5) is 0 Å². The number of hydrogen-bond donors (Lipinski definition) is 1. The first kappa shape index (κ1) is 14.9. The van der Waals surface area contributed by atoms with Crippen molar-refractivity contribution in [3.05, 3.63) is 29.6 Å². The van der Waals surface area contributed by atoms with E-state index in [1.165, 1.54) is 5.56 Å². The van der Waals surface area contributed by atoms with Gasteiger partial charge in [-0.05, 0) is 31.0 Å². The van der Waals surface area contributed by atoms with Crippen LogP contribution in [-0.2, 0) is 17.2 Å².